The Kier molecular flexibility index (Phi) is 7.56. The van der Waals surface area contributed by atoms with Gasteiger partial charge in [-0.2, -0.15) is 10.1 Å². The second-order valence-electron chi connectivity index (χ2n) is 7.89. The van der Waals surface area contributed by atoms with Crippen molar-refractivity contribution in [2.45, 2.75) is 26.2 Å². The van der Waals surface area contributed by atoms with E-state index in [1.54, 1.807) is 25.5 Å². The van der Waals surface area contributed by atoms with Gasteiger partial charge < -0.3 is 14.2 Å². The van der Waals surface area contributed by atoms with E-state index in [4.69, 9.17) is 26.4 Å². The fourth-order valence-corrected chi connectivity index (χ4v) is 3.80. The largest absolute Gasteiger partial charge is 0.493 e. The molecule has 2 aromatic carbocycles. The number of carbonyl (C=O) groups is 1. The first kappa shape index (κ1) is 23.1. The van der Waals surface area contributed by atoms with Gasteiger partial charge in [-0.1, -0.05) is 56.9 Å². The molecule has 3 rings (SSSR count). The maximum Gasteiger partial charge on any atom is 0.259 e. The van der Waals surface area contributed by atoms with Gasteiger partial charge in [0.2, 0.25) is 0 Å². The fourth-order valence-electron chi connectivity index (χ4n) is 2.83. The number of rotatable bonds is 8. The normalized spacial score (nSPS) is 14.4. The van der Waals surface area contributed by atoms with Gasteiger partial charge in [0, 0.05) is 0 Å². The van der Waals surface area contributed by atoms with Crippen LogP contribution in [0.4, 0.5) is 0 Å². The quantitative estimate of drug-likeness (QED) is 0.326. The summed E-state index contributed by atoms with van der Waals surface area (Å²) in [6, 6.07) is 13.6. The van der Waals surface area contributed by atoms with E-state index in [-0.39, 0.29) is 11.3 Å². The molecule has 0 aliphatic carbocycles. The maximum atomic E-state index is 11.7. The summed E-state index contributed by atoms with van der Waals surface area (Å²) in [5, 5.41) is 5.41. The summed E-state index contributed by atoms with van der Waals surface area (Å²) in [5.74, 6) is 2.20. The van der Waals surface area contributed by atoms with Crippen LogP contribution in [0.3, 0.4) is 0 Å². The highest BCUT2D eigenvalue weighted by molar-refractivity contribution is 8.23. The molecule has 1 fully saturated rings. The Morgan fingerprint density at radius 3 is 2.42 bits per heavy atom. The predicted molar refractivity (Wildman–Crippen MR) is 129 cm³/mol. The highest BCUT2D eigenvalue weighted by atomic mass is 32.2. The lowest BCUT2D eigenvalue weighted by Crippen LogP contribution is -2.22. The third kappa shape index (κ3) is 6.21. The lowest BCUT2D eigenvalue weighted by atomic mass is 9.87. The second-order valence-corrected chi connectivity index (χ2v) is 9.50. The molecule has 1 amide bonds. The fraction of sp³-hybridized carbons (Fsp3) is 0.348. The Hall–Kier alpha value is -2.58. The van der Waals surface area contributed by atoms with Crippen LogP contribution in [0.5, 0.6) is 17.2 Å². The lowest BCUT2D eigenvalue weighted by Gasteiger charge is -2.19. The molecule has 164 valence electrons. The summed E-state index contributed by atoms with van der Waals surface area (Å²) in [5.41, 5.74) is 2.15. The number of amides is 1. The minimum atomic E-state index is -0.119. The van der Waals surface area contributed by atoms with Crippen molar-refractivity contribution in [2.24, 2.45) is 5.10 Å². The number of nitrogens with zero attached hydrogens (tertiary/aromatic N) is 2. The van der Waals surface area contributed by atoms with Crippen molar-refractivity contribution >= 4 is 40.4 Å². The number of thioether (sulfide) groups is 1. The monoisotopic (exact) mass is 458 g/mol. The molecule has 1 aliphatic rings. The maximum absolute atomic E-state index is 11.7. The number of methoxy groups -OCH3 is 1. The van der Waals surface area contributed by atoms with Crippen molar-refractivity contribution < 1.29 is 19.0 Å². The molecule has 1 heterocycles. The van der Waals surface area contributed by atoms with Crippen LogP contribution in [0.2, 0.25) is 0 Å². The van der Waals surface area contributed by atoms with E-state index < -0.39 is 0 Å². The lowest BCUT2D eigenvalue weighted by molar-refractivity contribution is -0.123. The van der Waals surface area contributed by atoms with Crippen molar-refractivity contribution in [1.82, 2.24) is 5.01 Å². The number of benzene rings is 2. The molecule has 0 N–H and O–H groups in total. The van der Waals surface area contributed by atoms with E-state index >= 15 is 0 Å². The third-order valence-electron chi connectivity index (χ3n) is 4.57. The second kappa shape index (κ2) is 10.2. The molecule has 0 bridgehead atoms. The van der Waals surface area contributed by atoms with Gasteiger partial charge in [-0.05, 0) is 46.9 Å². The van der Waals surface area contributed by atoms with Gasteiger partial charge in [0.25, 0.3) is 5.91 Å². The molecular weight excluding hydrogens is 432 g/mol. The van der Waals surface area contributed by atoms with Gasteiger partial charge in [0.05, 0.1) is 19.1 Å². The van der Waals surface area contributed by atoms with E-state index in [0.717, 1.165) is 11.3 Å². The van der Waals surface area contributed by atoms with Crippen LogP contribution in [0.1, 0.15) is 31.9 Å². The van der Waals surface area contributed by atoms with Crippen LogP contribution in [-0.4, -0.2) is 47.5 Å². The number of hydrazone groups is 1. The Bertz CT molecular complexity index is 953. The minimum Gasteiger partial charge on any atom is -0.493 e. The van der Waals surface area contributed by atoms with Crippen molar-refractivity contribution in [3.63, 3.8) is 0 Å². The van der Waals surface area contributed by atoms with Gasteiger partial charge in [-0.3, -0.25) is 4.79 Å². The first-order valence-corrected chi connectivity index (χ1v) is 11.2. The standard InChI is InChI=1S/C23H26N2O4S2/c1-23(2,3)17-6-8-18(9-7-17)28-11-12-29-19-10-5-16(13-20(19)27-4)14-24-25-21(26)15-31-22(25)30/h5-10,13-14H,11-12,15H2,1-4H3/b24-14-. The summed E-state index contributed by atoms with van der Waals surface area (Å²) < 4.78 is 17.5. The Morgan fingerprint density at radius 1 is 1.10 bits per heavy atom. The molecule has 0 radical (unpaired) electrons. The molecule has 0 saturated carbocycles. The van der Waals surface area contributed by atoms with Crippen molar-refractivity contribution in [3.8, 4) is 17.2 Å². The van der Waals surface area contributed by atoms with E-state index in [1.807, 2.05) is 18.2 Å². The van der Waals surface area contributed by atoms with Gasteiger partial charge in [-0.25, -0.2) is 0 Å². The third-order valence-corrected chi connectivity index (χ3v) is 5.91. The smallest absolute Gasteiger partial charge is 0.259 e. The molecule has 0 spiro atoms. The SMILES string of the molecule is COc1cc(/C=N\N2C(=O)CSC2=S)ccc1OCCOc1ccc(C(C)(C)C)cc1. The van der Waals surface area contributed by atoms with Crippen molar-refractivity contribution in [3.05, 3.63) is 53.6 Å². The molecule has 1 saturated heterocycles. The van der Waals surface area contributed by atoms with Gasteiger partial charge >= 0.3 is 0 Å². The Morgan fingerprint density at radius 2 is 1.81 bits per heavy atom. The average Bonchev–Trinajstić information content (AvgIpc) is 3.07. The average molecular weight is 459 g/mol. The first-order valence-electron chi connectivity index (χ1n) is 9.86. The zero-order chi connectivity index (χ0) is 22.4. The van der Waals surface area contributed by atoms with Crippen molar-refractivity contribution in [2.75, 3.05) is 26.1 Å². The van der Waals surface area contributed by atoms with E-state index in [1.165, 1.54) is 22.3 Å². The van der Waals surface area contributed by atoms with Gasteiger partial charge in [0.15, 0.2) is 15.8 Å². The minimum absolute atomic E-state index is 0.115. The number of carbonyl (C=O) groups excluding carboxylic acids is 1. The summed E-state index contributed by atoms with van der Waals surface area (Å²) in [6.07, 6.45) is 1.58. The van der Waals surface area contributed by atoms with E-state index in [0.29, 0.717) is 34.8 Å². The first-order chi connectivity index (χ1) is 14.8. The zero-order valence-corrected chi connectivity index (χ0v) is 19.7. The number of hydrogen-bond acceptors (Lipinski definition) is 7. The van der Waals surface area contributed by atoms with Crippen LogP contribution >= 0.6 is 24.0 Å². The van der Waals surface area contributed by atoms with Crippen molar-refractivity contribution in [1.29, 1.82) is 0 Å². The molecule has 1 aliphatic heterocycles. The molecule has 2 aromatic rings. The summed E-state index contributed by atoms with van der Waals surface area (Å²) in [7, 11) is 1.58. The predicted octanol–water partition coefficient (Wildman–Crippen LogP) is 4.64. The number of ether oxygens (including phenoxy) is 3. The molecule has 0 aromatic heterocycles. The molecule has 31 heavy (non-hydrogen) atoms. The summed E-state index contributed by atoms with van der Waals surface area (Å²) in [6.45, 7) is 7.33. The summed E-state index contributed by atoms with van der Waals surface area (Å²) in [4.78, 5) is 11.7. The highest BCUT2D eigenvalue weighted by Gasteiger charge is 2.26. The Balaban J connectivity index is 1.53. The van der Waals surface area contributed by atoms with E-state index in [9.17, 15) is 4.79 Å². The molecule has 8 heteroatoms. The van der Waals surface area contributed by atoms with Crippen LogP contribution in [0, 0.1) is 0 Å². The van der Waals surface area contributed by atoms with Crippen LogP contribution in [0.25, 0.3) is 0 Å². The topological polar surface area (TPSA) is 60.4 Å². The Labute approximate surface area is 192 Å². The highest BCUT2D eigenvalue weighted by Crippen LogP contribution is 2.28. The summed E-state index contributed by atoms with van der Waals surface area (Å²) >= 11 is 6.42. The van der Waals surface area contributed by atoms with Crippen LogP contribution in [0.15, 0.2) is 47.6 Å². The number of hydrogen-bond donors (Lipinski definition) is 0. The van der Waals surface area contributed by atoms with Gasteiger partial charge in [-0.15, -0.1) is 0 Å². The van der Waals surface area contributed by atoms with Crippen LogP contribution in [-0.2, 0) is 10.2 Å². The van der Waals surface area contributed by atoms with Crippen LogP contribution < -0.4 is 14.2 Å². The number of thiocarbonyl (C=S) groups is 1. The molecule has 0 atom stereocenters. The molecule has 0 unspecified atom stereocenters. The van der Waals surface area contributed by atoms with E-state index in [2.05, 4.69) is 38.0 Å². The zero-order valence-electron chi connectivity index (χ0n) is 18.1. The molecule has 6 nitrogen and oxygen atoms in total. The molecular formula is C23H26N2O4S2. The van der Waals surface area contributed by atoms with Gasteiger partial charge in [0.1, 0.15) is 19.0 Å².